The van der Waals surface area contributed by atoms with Crippen molar-refractivity contribution in [3.63, 3.8) is 0 Å². The van der Waals surface area contributed by atoms with Crippen LogP contribution in [-0.4, -0.2) is 51.6 Å². The largest absolute Gasteiger partial charge is 0.493 e. The Morgan fingerprint density at radius 2 is 2.30 bits per heavy atom. The highest BCUT2D eigenvalue weighted by Gasteiger charge is 2.46. The van der Waals surface area contributed by atoms with Crippen molar-refractivity contribution in [3.05, 3.63) is 29.8 Å². The summed E-state index contributed by atoms with van der Waals surface area (Å²) >= 11 is 0. The average Bonchev–Trinajstić information content (AvgIpc) is 3.14. The Hall–Kier alpha value is -1.86. The third-order valence-electron chi connectivity index (χ3n) is 5.20. The van der Waals surface area contributed by atoms with E-state index in [0.29, 0.717) is 11.5 Å². The topological polar surface area (TPSA) is 71.0 Å². The van der Waals surface area contributed by atoms with Crippen molar-refractivity contribution >= 4 is 0 Å². The zero-order valence-corrected chi connectivity index (χ0v) is 13.7. The molecule has 23 heavy (non-hydrogen) atoms. The molecule has 124 valence electrons. The fourth-order valence-electron chi connectivity index (χ4n) is 4.09. The van der Waals surface area contributed by atoms with Crippen LogP contribution in [0, 0.1) is 5.41 Å². The first-order chi connectivity index (χ1) is 11.2. The first kappa shape index (κ1) is 14.7. The molecule has 2 aromatic heterocycles. The first-order valence-corrected chi connectivity index (χ1v) is 8.18. The molecule has 2 fully saturated rings. The van der Waals surface area contributed by atoms with Crippen molar-refractivity contribution < 1.29 is 4.74 Å². The van der Waals surface area contributed by atoms with Crippen LogP contribution in [0.25, 0.3) is 0 Å². The zero-order valence-electron chi connectivity index (χ0n) is 13.7. The highest BCUT2D eigenvalue weighted by Crippen LogP contribution is 2.44. The van der Waals surface area contributed by atoms with Crippen molar-refractivity contribution in [2.24, 2.45) is 12.5 Å². The lowest BCUT2D eigenvalue weighted by Crippen LogP contribution is -2.59. The molecular weight excluding hydrogens is 292 g/mol. The van der Waals surface area contributed by atoms with Crippen LogP contribution in [0.3, 0.4) is 0 Å². The van der Waals surface area contributed by atoms with E-state index in [2.05, 4.69) is 31.7 Å². The lowest BCUT2D eigenvalue weighted by atomic mass is 9.69. The fourth-order valence-corrected chi connectivity index (χ4v) is 4.09. The molecule has 0 aromatic carbocycles. The second-order valence-corrected chi connectivity index (χ2v) is 6.95. The van der Waals surface area contributed by atoms with Crippen LogP contribution in [0.5, 0.6) is 5.75 Å². The predicted octanol–water partition coefficient (Wildman–Crippen LogP) is 1.08. The normalized spacial score (nSPS) is 23.8. The number of ether oxygens (including phenoxy) is 1. The minimum atomic E-state index is 0.430. The quantitative estimate of drug-likeness (QED) is 0.883. The van der Waals surface area contributed by atoms with Gasteiger partial charge in [-0.1, -0.05) is 0 Å². The van der Waals surface area contributed by atoms with E-state index in [1.165, 1.54) is 18.4 Å². The van der Waals surface area contributed by atoms with E-state index in [9.17, 15) is 0 Å². The van der Waals surface area contributed by atoms with Gasteiger partial charge in [0.2, 0.25) is 0 Å². The molecule has 0 amide bonds. The lowest BCUT2D eigenvalue weighted by molar-refractivity contribution is -0.0405. The molecular formula is C16H24N6O. The maximum absolute atomic E-state index is 5.33. The van der Waals surface area contributed by atoms with E-state index in [1.807, 2.05) is 24.1 Å². The van der Waals surface area contributed by atoms with Gasteiger partial charge in [0.15, 0.2) is 5.75 Å². The summed E-state index contributed by atoms with van der Waals surface area (Å²) in [6.07, 6.45) is 8.36. The first-order valence-electron chi connectivity index (χ1n) is 8.18. The number of hydrogen-bond acceptors (Lipinski definition) is 5. The van der Waals surface area contributed by atoms with Crippen molar-refractivity contribution in [1.82, 2.24) is 30.2 Å². The molecule has 2 N–H and O–H groups in total. The third kappa shape index (κ3) is 2.74. The van der Waals surface area contributed by atoms with Gasteiger partial charge in [-0.3, -0.25) is 14.7 Å². The Balaban J connectivity index is 1.37. The zero-order chi connectivity index (χ0) is 15.9. The molecule has 2 saturated heterocycles. The number of aromatic amines is 1. The Morgan fingerprint density at radius 3 is 3.04 bits per heavy atom. The van der Waals surface area contributed by atoms with Gasteiger partial charge in [-0.25, -0.2) is 0 Å². The number of aromatic nitrogens is 4. The van der Waals surface area contributed by atoms with Gasteiger partial charge in [0.25, 0.3) is 0 Å². The van der Waals surface area contributed by atoms with Crippen LogP contribution in [0.1, 0.15) is 30.1 Å². The van der Waals surface area contributed by atoms with Gasteiger partial charge in [-0.05, 0) is 24.8 Å². The molecule has 0 bridgehead atoms. The average molecular weight is 316 g/mol. The van der Waals surface area contributed by atoms with E-state index in [1.54, 1.807) is 7.11 Å². The van der Waals surface area contributed by atoms with E-state index in [0.717, 1.165) is 37.6 Å². The van der Waals surface area contributed by atoms with E-state index in [-0.39, 0.29) is 0 Å². The summed E-state index contributed by atoms with van der Waals surface area (Å²) in [5.41, 5.74) is 2.74. The van der Waals surface area contributed by atoms with Crippen molar-refractivity contribution in [1.29, 1.82) is 0 Å². The maximum atomic E-state index is 5.33. The van der Waals surface area contributed by atoms with E-state index in [4.69, 9.17) is 4.74 Å². The van der Waals surface area contributed by atoms with Crippen LogP contribution in [-0.2, 0) is 13.6 Å². The SMILES string of the molecule is COc1c[nH]nc1CN1CC2(CCNC(c3cnn(C)c3)C2)C1. The Labute approximate surface area is 136 Å². The standard InChI is InChI=1S/C16H24N6O/c1-21-8-12(6-19-21)13-5-16(3-4-17-13)10-22(11-16)9-14-15(23-2)7-18-20-14/h6-8,13,17H,3-5,9-11H2,1-2H3,(H,18,20). The molecule has 7 nitrogen and oxygen atoms in total. The van der Waals surface area contributed by atoms with Gasteiger partial charge in [0.05, 0.1) is 19.5 Å². The van der Waals surface area contributed by atoms with Crippen LogP contribution in [0.15, 0.2) is 18.6 Å². The minimum Gasteiger partial charge on any atom is -0.493 e. The van der Waals surface area contributed by atoms with Crippen LogP contribution < -0.4 is 10.1 Å². The summed E-state index contributed by atoms with van der Waals surface area (Å²) < 4.78 is 7.21. The van der Waals surface area contributed by atoms with Gasteiger partial charge in [-0.2, -0.15) is 10.2 Å². The monoisotopic (exact) mass is 316 g/mol. The van der Waals surface area contributed by atoms with Crippen LogP contribution >= 0.6 is 0 Å². The van der Waals surface area contributed by atoms with Crippen molar-refractivity contribution in [2.45, 2.75) is 25.4 Å². The summed E-state index contributed by atoms with van der Waals surface area (Å²) in [5.74, 6) is 0.851. The molecule has 1 spiro atoms. The maximum Gasteiger partial charge on any atom is 0.161 e. The summed E-state index contributed by atoms with van der Waals surface area (Å²) in [7, 11) is 3.67. The number of methoxy groups -OCH3 is 1. The number of hydrogen-bond donors (Lipinski definition) is 2. The van der Waals surface area contributed by atoms with Crippen LogP contribution in [0.4, 0.5) is 0 Å². The molecule has 2 aromatic rings. The number of rotatable bonds is 4. The molecule has 0 aliphatic carbocycles. The second-order valence-electron chi connectivity index (χ2n) is 6.95. The lowest BCUT2D eigenvalue weighted by Gasteiger charge is -2.54. The van der Waals surface area contributed by atoms with Gasteiger partial charge >= 0.3 is 0 Å². The highest BCUT2D eigenvalue weighted by molar-refractivity contribution is 5.24. The Morgan fingerprint density at radius 1 is 1.43 bits per heavy atom. The Kier molecular flexibility index (Phi) is 3.61. The number of nitrogens with one attached hydrogen (secondary N) is 2. The molecule has 2 aliphatic heterocycles. The number of likely N-dealkylation sites (tertiary alicyclic amines) is 1. The summed E-state index contributed by atoms with van der Waals surface area (Å²) in [6, 6.07) is 0.430. The summed E-state index contributed by atoms with van der Waals surface area (Å²) in [5, 5.41) is 15.1. The van der Waals surface area contributed by atoms with Crippen molar-refractivity contribution in [3.8, 4) is 5.75 Å². The summed E-state index contributed by atoms with van der Waals surface area (Å²) in [6.45, 7) is 4.22. The molecule has 0 saturated carbocycles. The molecule has 7 heteroatoms. The van der Waals surface area contributed by atoms with Gasteiger partial charge in [-0.15, -0.1) is 0 Å². The number of nitrogens with zero attached hydrogens (tertiary/aromatic N) is 4. The summed E-state index contributed by atoms with van der Waals surface area (Å²) in [4.78, 5) is 2.46. The fraction of sp³-hybridized carbons (Fsp3) is 0.625. The van der Waals surface area contributed by atoms with E-state index >= 15 is 0 Å². The van der Waals surface area contributed by atoms with Gasteiger partial charge in [0, 0.05) is 44.5 Å². The highest BCUT2D eigenvalue weighted by atomic mass is 16.5. The molecule has 1 atom stereocenters. The Bertz CT molecular complexity index is 672. The number of H-pyrrole nitrogens is 1. The molecule has 1 unspecified atom stereocenters. The van der Waals surface area contributed by atoms with E-state index < -0.39 is 0 Å². The second kappa shape index (κ2) is 5.65. The minimum absolute atomic E-state index is 0.430. The van der Waals surface area contributed by atoms with Gasteiger partial charge < -0.3 is 10.1 Å². The predicted molar refractivity (Wildman–Crippen MR) is 86.0 cm³/mol. The van der Waals surface area contributed by atoms with Crippen LogP contribution in [0.2, 0.25) is 0 Å². The molecule has 4 rings (SSSR count). The smallest absolute Gasteiger partial charge is 0.161 e. The molecule has 4 heterocycles. The van der Waals surface area contributed by atoms with Crippen molar-refractivity contribution in [2.75, 3.05) is 26.7 Å². The molecule has 2 aliphatic rings. The molecule has 0 radical (unpaired) electrons. The number of aryl methyl sites for hydroxylation is 1. The van der Waals surface area contributed by atoms with Gasteiger partial charge in [0.1, 0.15) is 5.69 Å². The third-order valence-corrected chi connectivity index (χ3v) is 5.20. The number of piperidine rings is 1.